The van der Waals surface area contributed by atoms with Gasteiger partial charge in [0, 0.05) is 18.5 Å². The molecule has 3 nitrogen and oxygen atoms in total. The third kappa shape index (κ3) is 1.98. The number of aryl methyl sites for hydroxylation is 1. The number of nitrogens with one attached hydrogen (secondary N) is 1. The van der Waals surface area contributed by atoms with Gasteiger partial charge in [-0.3, -0.25) is 0 Å². The van der Waals surface area contributed by atoms with Gasteiger partial charge in [0.1, 0.15) is 11.5 Å². The molecule has 1 aliphatic carbocycles. The summed E-state index contributed by atoms with van der Waals surface area (Å²) >= 11 is 0. The Morgan fingerprint density at radius 1 is 1.21 bits per heavy atom. The third-order valence-corrected chi connectivity index (χ3v) is 2.88. The van der Waals surface area contributed by atoms with Crippen molar-refractivity contribution in [2.24, 2.45) is 0 Å². The van der Waals surface area contributed by atoms with E-state index in [9.17, 15) is 0 Å². The minimum Gasteiger partial charge on any atom is -0.361 e. The van der Waals surface area contributed by atoms with E-state index in [0.29, 0.717) is 0 Å². The van der Waals surface area contributed by atoms with Crippen molar-refractivity contribution in [1.82, 2.24) is 10.5 Å². The number of hydrogen-bond acceptors (Lipinski definition) is 3. The minimum atomic E-state index is 0.832. The molecule has 1 aliphatic rings. The van der Waals surface area contributed by atoms with Crippen LogP contribution in [0, 0.1) is 0 Å². The van der Waals surface area contributed by atoms with Gasteiger partial charge >= 0.3 is 0 Å². The summed E-state index contributed by atoms with van der Waals surface area (Å²) < 4.78 is 5.39. The fourth-order valence-electron chi connectivity index (χ4n) is 2.11. The molecular weight excluding hydrogens is 176 g/mol. The summed E-state index contributed by atoms with van der Waals surface area (Å²) in [6, 6.07) is 0. The van der Waals surface area contributed by atoms with Gasteiger partial charge in [-0.1, -0.05) is 18.0 Å². The van der Waals surface area contributed by atoms with Crippen LogP contribution in [0.2, 0.25) is 0 Å². The first-order valence-corrected chi connectivity index (χ1v) is 5.52. The molecule has 2 rings (SSSR count). The van der Waals surface area contributed by atoms with Crippen LogP contribution >= 0.6 is 0 Å². The molecule has 0 atom stereocenters. The molecule has 78 valence electrons. The van der Waals surface area contributed by atoms with Crippen LogP contribution in [-0.2, 0) is 19.4 Å². The van der Waals surface area contributed by atoms with Crippen molar-refractivity contribution >= 4 is 0 Å². The van der Waals surface area contributed by atoms with Crippen molar-refractivity contribution in [3.8, 4) is 0 Å². The zero-order chi connectivity index (χ0) is 9.80. The molecule has 14 heavy (non-hydrogen) atoms. The molecule has 1 heterocycles. The van der Waals surface area contributed by atoms with Gasteiger partial charge in [-0.05, 0) is 26.3 Å². The van der Waals surface area contributed by atoms with Gasteiger partial charge in [-0.2, -0.15) is 0 Å². The Labute approximate surface area is 84.9 Å². The maximum atomic E-state index is 5.39. The van der Waals surface area contributed by atoms with Gasteiger partial charge in [-0.15, -0.1) is 0 Å². The average molecular weight is 194 g/mol. The SMILES string of the molecule is CNCc1noc2c1CCCCCC2. The van der Waals surface area contributed by atoms with Crippen LogP contribution in [0.5, 0.6) is 0 Å². The Morgan fingerprint density at radius 2 is 2.00 bits per heavy atom. The third-order valence-electron chi connectivity index (χ3n) is 2.88. The van der Waals surface area contributed by atoms with E-state index < -0.39 is 0 Å². The normalized spacial score (nSPS) is 17.2. The van der Waals surface area contributed by atoms with Gasteiger partial charge in [0.25, 0.3) is 0 Å². The van der Waals surface area contributed by atoms with Crippen LogP contribution in [0.15, 0.2) is 4.52 Å². The van der Waals surface area contributed by atoms with Gasteiger partial charge in [0.15, 0.2) is 0 Å². The Hall–Kier alpha value is -0.830. The van der Waals surface area contributed by atoms with Crippen LogP contribution in [0.3, 0.4) is 0 Å². The van der Waals surface area contributed by atoms with Crippen LogP contribution < -0.4 is 5.32 Å². The average Bonchev–Trinajstić information content (AvgIpc) is 2.48. The molecule has 0 fully saturated rings. The van der Waals surface area contributed by atoms with Crippen molar-refractivity contribution in [3.63, 3.8) is 0 Å². The summed E-state index contributed by atoms with van der Waals surface area (Å²) in [7, 11) is 1.95. The fourth-order valence-corrected chi connectivity index (χ4v) is 2.11. The summed E-state index contributed by atoms with van der Waals surface area (Å²) in [6.07, 6.45) is 7.44. The standard InChI is InChI=1S/C11H18N2O/c1-12-8-10-9-6-4-2-3-5-7-11(9)14-13-10/h12H,2-8H2,1H3. The predicted molar refractivity (Wildman–Crippen MR) is 55.1 cm³/mol. The van der Waals surface area contributed by atoms with E-state index in [-0.39, 0.29) is 0 Å². The molecule has 0 radical (unpaired) electrons. The van der Waals surface area contributed by atoms with Crippen LogP contribution in [0.25, 0.3) is 0 Å². The second-order valence-electron chi connectivity index (χ2n) is 3.98. The first-order valence-electron chi connectivity index (χ1n) is 5.52. The lowest BCUT2D eigenvalue weighted by Crippen LogP contribution is -2.08. The maximum absolute atomic E-state index is 5.39. The van der Waals surface area contributed by atoms with E-state index in [2.05, 4.69) is 10.5 Å². The van der Waals surface area contributed by atoms with Gasteiger partial charge in [0.2, 0.25) is 0 Å². The summed E-state index contributed by atoms with van der Waals surface area (Å²) in [4.78, 5) is 0. The number of fused-ring (bicyclic) bond motifs is 1. The van der Waals surface area contributed by atoms with Crippen molar-refractivity contribution in [1.29, 1.82) is 0 Å². The highest BCUT2D eigenvalue weighted by Crippen LogP contribution is 2.22. The largest absolute Gasteiger partial charge is 0.361 e. The molecule has 0 saturated carbocycles. The molecule has 0 spiro atoms. The van der Waals surface area contributed by atoms with Crippen LogP contribution in [0.1, 0.15) is 42.7 Å². The lowest BCUT2D eigenvalue weighted by atomic mass is 9.97. The Kier molecular flexibility index (Phi) is 3.19. The van der Waals surface area contributed by atoms with Crippen LogP contribution in [0.4, 0.5) is 0 Å². The number of hydrogen-bond donors (Lipinski definition) is 1. The zero-order valence-electron chi connectivity index (χ0n) is 8.81. The lowest BCUT2D eigenvalue weighted by Gasteiger charge is -2.07. The Morgan fingerprint density at radius 3 is 2.79 bits per heavy atom. The highest BCUT2D eigenvalue weighted by molar-refractivity contribution is 5.23. The van der Waals surface area contributed by atoms with E-state index >= 15 is 0 Å². The Bertz CT molecular complexity index is 280. The number of aromatic nitrogens is 1. The van der Waals surface area contributed by atoms with Crippen molar-refractivity contribution in [3.05, 3.63) is 17.0 Å². The highest BCUT2D eigenvalue weighted by Gasteiger charge is 2.16. The predicted octanol–water partition coefficient (Wildman–Crippen LogP) is 2.05. The monoisotopic (exact) mass is 194 g/mol. The Balaban J connectivity index is 2.19. The van der Waals surface area contributed by atoms with E-state index in [4.69, 9.17) is 4.52 Å². The van der Waals surface area contributed by atoms with E-state index in [0.717, 1.165) is 30.8 Å². The van der Waals surface area contributed by atoms with Gasteiger partial charge in [-0.25, -0.2) is 0 Å². The van der Waals surface area contributed by atoms with E-state index in [1.54, 1.807) is 0 Å². The summed E-state index contributed by atoms with van der Waals surface area (Å²) in [6.45, 7) is 0.832. The molecular formula is C11H18N2O. The second-order valence-corrected chi connectivity index (χ2v) is 3.98. The van der Waals surface area contributed by atoms with E-state index in [1.807, 2.05) is 7.05 Å². The summed E-state index contributed by atoms with van der Waals surface area (Å²) in [5, 5.41) is 7.27. The number of nitrogens with zero attached hydrogens (tertiary/aromatic N) is 1. The lowest BCUT2D eigenvalue weighted by molar-refractivity contribution is 0.368. The molecule has 0 bridgehead atoms. The molecule has 0 aliphatic heterocycles. The van der Waals surface area contributed by atoms with E-state index in [1.165, 1.54) is 31.2 Å². The molecule has 0 aromatic carbocycles. The molecule has 0 amide bonds. The highest BCUT2D eigenvalue weighted by atomic mass is 16.5. The summed E-state index contributed by atoms with van der Waals surface area (Å²) in [5.74, 6) is 1.13. The number of rotatable bonds is 2. The fraction of sp³-hybridized carbons (Fsp3) is 0.727. The molecule has 1 N–H and O–H groups in total. The molecule has 0 unspecified atom stereocenters. The molecule has 1 aromatic rings. The second kappa shape index (κ2) is 4.60. The maximum Gasteiger partial charge on any atom is 0.140 e. The smallest absolute Gasteiger partial charge is 0.140 e. The van der Waals surface area contributed by atoms with Crippen molar-refractivity contribution < 1.29 is 4.52 Å². The van der Waals surface area contributed by atoms with Gasteiger partial charge in [0.05, 0.1) is 0 Å². The molecule has 3 heteroatoms. The molecule has 0 saturated heterocycles. The van der Waals surface area contributed by atoms with Crippen molar-refractivity contribution in [2.45, 2.75) is 45.1 Å². The zero-order valence-corrected chi connectivity index (χ0v) is 8.81. The quantitative estimate of drug-likeness (QED) is 0.783. The molecule has 1 aromatic heterocycles. The summed E-state index contributed by atoms with van der Waals surface area (Å²) in [5.41, 5.74) is 2.49. The topological polar surface area (TPSA) is 38.1 Å². The minimum absolute atomic E-state index is 0.832. The first kappa shape index (κ1) is 9.71. The van der Waals surface area contributed by atoms with Crippen LogP contribution in [-0.4, -0.2) is 12.2 Å². The van der Waals surface area contributed by atoms with Crippen molar-refractivity contribution in [2.75, 3.05) is 7.05 Å². The van der Waals surface area contributed by atoms with Gasteiger partial charge < -0.3 is 9.84 Å². The first-order chi connectivity index (χ1) is 6.92.